The minimum atomic E-state index is 0.516. The Labute approximate surface area is 41.5 Å². The third kappa shape index (κ3) is 3.99. The number of hydrogen-bond acceptors (Lipinski definition) is 0. The molecule has 1 unspecified atom stereocenters. The maximum Gasteiger partial charge on any atom is 0.0149 e. The van der Waals surface area contributed by atoms with Gasteiger partial charge in [-0.05, 0) is 0 Å². The lowest BCUT2D eigenvalue weighted by Gasteiger charge is -1.82. The zero-order valence-corrected chi connectivity index (χ0v) is 5.31. The highest BCUT2D eigenvalue weighted by atomic mass is 31.0. The molecule has 34 valence electrons. The lowest BCUT2D eigenvalue weighted by Crippen LogP contribution is -1.73. The van der Waals surface area contributed by atoms with Gasteiger partial charge in [-0.3, -0.25) is 0 Å². The summed E-state index contributed by atoms with van der Waals surface area (Å²) in [5.41, 5.74) is 2.73. The van der Waals surface area contributed by atoms with Gasteiger partial charge in [0.15, 0.2) is 0 Å². The van der Waals surface area contributed by atoms with E-state index >= 15 is 0 Å². The SMILES string of the molecule is CC(C)C#CP. The Kier molecular flexibility index (Phi) is 3.19. The molecule has 6 heavy (non-hydrogen) atoms. The van der Waals surface area contributed by atoms with Gasteiger partial charge in [0, 0.05) is 5.92 Å². The van der Waals surface area contributed by atoms with Crippen LogP contribution in [0.3, 0.4) is 0 Å². The summed E-state index contributed by atoms with van der Waals surface area (Å²) in [6, 6.07) is 0. The van der Waals surface area contributed by atoms with E-state index in [4.69, 9.17) is 0 Å². The fourth-order valence-corrected chi connectivity index (χ4v) is 0.500. The van der Waals surface area contributed by atoms with E-state index in [2.05, 4.69) is 34.7 Å². The average molecular weight is 100 g/mol. The molecule has 0 nitrogen and oxygen atoms in total. The zero-order valence-electron chi connectivity index (χ0n) is 4.15. The molecule has 0 saturated carbocycles. The molecule has 0 rings (SSSR count). The molecule has 0 aliphatic carbocycles. The van der Waals surface area contributed by atoms with Crippen molar-refractivity contribution in [2.24, 2.45) is 5.92 Å². The van der Waals surface area contributed by atoms with E-state index in [-0.39, 0.29) is 0 Å². The van der Waals surface area contributed by atoms with Crippen LogP contribution in [0.1, 0.15) is 13.8 Å². The molecule has 0 aromatic carbocycles. The fraction of sp³-hybridized carbons (Fsp3) is 0.600. The summed E-state index contributed by atoms with van der Waals surface area (Å²) in [5.74, 6) is 3.44. The molecule has 0 aliphatic rings. The second-order valence-electron chi connectivity index (χ2n) is 1.44. The summed E-state index contributed by atoms with van der Waals surface area (Å²) in [6.45, 7) is 4.13. The highest BCUT2D eigenvalue weighted by molar-refractivity contribution is 7.23. The Morgan fingerprint density at radius 3 is 2.00 bits per heavy atom. The van der Waals surface area contributed by atoms with E-state index in [1.54, 1.807) is 0 Å². The maximum atomic E-state index is 2.92. The van der Waals surface area contributed by atoms with Gasteiger partial charge >= 0.3 is 0 Å². The molecular weight excluding hydrogens is 91.0 g/mol. The first-order valence-corrected chi connectivity index (χ1v) is 2.56. The normalized spacial score (nSPS) is 7.33. The Morgan fingerprint density at radius 2 is 2.00 bits per heavy atom. The third-order valence-electron chi connectivity index (χ3n) is 0.372. The second kappa shape index (κ2) is 3.19. The van der Waals surface area contributed by atoms with Gasteiger partial charge in [-0.2, -0.15) is 0 Å². The van der Waals surface area contributed by atoms with E-state index in [1.807, 2.05) is 0 Å². The first-order valence-electron chi connectivity index (χ1n) is 1.98. The van der Waals surface area contributed by atoms with Crippen LogP contribution in [0.25, 0.3) is 0 Å². The summed E-state index contributed by atoms with van der Waals surface area (Å²) in [6.07, 6.45) is 0. The average Bonchev–Trinajstić information content (AvgIpc) is 1.35. The third-order valence-corrected chi connectivity index (χ3v) is 0.539. The van der Waals surface area contributed by atoms with Crippen LogP contribution in [-0.2, 0) is 0 Å². The van der Waals surface area contributed by atoms with Crippen LogP contribution in [0, 0.1) is 17.5 Å². The van der Waals surface area contributed by atoms with Gasteiger partial charge < -0.3 is 0 Å². The number of hydrogen-bond donors (Lipinski definition) is 0. The van der Waals surface area contributed by atoms with E-state index in [0.29, 0.717) is 5.92 Å². The van der Waals surface area contributed by atoms with Crippen molar-refractivity contribution < 1.29 is 0 Å². The first-order chi connectivity index (χ1) is 2.77. The molecule has 0 N–H and O–H groups in total. The van der Waals surface area contributed by atoms with Gasteiger partial charge in [0.25, 0.3) is 0 Å². The van der Waals surface area contributed by atoms with Gasteiger partial charge in [-0.1, -0.05) is 34.7 Å². The molecule has 0 bridgehead atoms. The highest BCUT2D eigenvalue weighted by Gasteiger charge is 1.75. The molecule has 0 radical (unpaired) electrons. The van der Waals surface area contributed by atoms with Crippen LogP contribution >= 0.6 is 9.24 Å². The molecule has 0 fully saturated rings. The van der Waals surface area contributed by atoms with Crippen molar-refractivity contribution in [3.63, 3.8) is 0 Å². The number of rotatable bonds is 0. The first kappa shape index (κ1) is 5.99. The van der Waals surface area contributed by atoms with Gasteiger partial charge in [0.05, 0.1) is 0 Å². The van der Waals surface area contributed by atoms with Crippen LogP contribution in [0.4, 0.5) is 0 Å². The Hall–Kier alpha value is -0.0100. The summed E-state index contributed by atoms with van der Waals surface area (Å²) in [4.78, 5) is 0. The fourth-order valence-electron chi connectivity index (χ4n) is 0.167. The Balaban J connectivity index is 3.20. The van der Waals surface area contributed by atoms with E-state index in [0.717, 1.165) is 0 Å². The van der Waals surface area contributed by atoms with E-state index < -0.39 is 0 Å². The van der Waals surface area contributed by atoms with Crippen molar-refractivity contribution in [3.05, 3.63) is 0 Å². The molecule has 0 saturated heterocycles. The molecule has 0 aliphatic heterocycles. The minimum absolute atomic E-state index is 0.516. The van der Waals surface area contributed by atoms with Crippen LogP contribution in [-0.4, -0.2) is 0 Å². The second-order valence-corrected chi connectivity index (χ2v) is 1.73. The molecule has 1 heteroatoms. The van der Waals surface area contributed by atoms with Gasteiger partial charge in [-0.25, -0.2) is 0 Å². The van der Waals surface area contributed by atoms with Gasteiger partial charge in [0.1, 0.15) is 0 Å². The molecule has 0 amide bonds. The van der Waals surface area contributed by atoms with E-state index in [1.165, 1.54) is 0 Å². The zero-order chi connectivity index (χ0) is 4.99. The quantitative estimate of drug-likeness (QED) is 0.319. The van der Waals surface area contributed by atoms with Crippen molar-refractivity contribution in [2.45, 2.75) is 13.8 Å². The van der Waals surface area contributed by atoms with Crippen molar-refractivity contribution in [1.29, 1.82) is 0 Å². The maximum absolute atomic E-state index is 2.92. The van der Waals surface area contributed by atoms with Gasteiger partial charge in [0.2, 0.25) is 0 Å². The highest BCUT2D eigenvalue weighted by Crippen LogP contribution is 1.86. The smallest absolute Gasteiger partial charge is 0.0149 e. The predicted molar refractivity (Wildman–Crippen MR) is 32.3 cm³/mol. The molecule has 0 aromatic rings. The monoisotopic (exact) mass is 100 g/mol. The molecule has 0 spiro atoms. The minimum Gasteiger partial charge on any atom is -0.0964 e. The predicted octanol–water partition coefficient (Wildman–Crippen LogP) is 1.48. The molecule has 0 aromatic heterocycles. The molecule has 1 atom stereocenters. The summed E-state index contributed by atoms with van der Waals surface area (Å²) >= 11 is 0. The van der Waals surface area contributed by atoms with Crippen LogP contribution in [0.15, 0.2) is 0 Å². The topological polar surface area (TPSA) is 0 Å². The van der Waals surface area contributed by atoms with Crippen molar-refractivity contribution in [3.8, 4) is 11.6 Å². The lowest BCUT2D eigenvalue weighted by atomic mass is 10.2. The standard InChI is InChI=1S/C5H9P/c1-5(2)3-4-6/h5H,6H2,1-2H3. The summed E-state index contributed by atoms with van der Waals surface area (Å²) < 4.78 is 0. The van der Waals surface area contributed by atoms with Crippen molar-refractivity contribution in [1.82, 2.24) is 0 Å². The van der Waals surface area contributed by atoms with Crippen LogP contribution < -0.4 is 0 Å². The molecular formula is C5H9P. The van der Waals surface area contributed by atoms with Crippen LogP contribution in [0.2, 0.25) is 0 Å². The van der Waals surface area contributed by atoms with Crippen molar-refractivity contribution >= 4 is 9.24 Å². The Morgan fingerprint density at radius 1 is 1.50 bits per heavy atom. The molecule has 0 heterocycles. The summed E-state index contributed by atoms with van der Waals surface area (Å²) in [5, 5.41) is 0. The van der Waals surface area contributed by atoms with Crippen molar-refractivity contribution in [2.75, 3.05) is 0 Å². The van der Waals surface area contributed by atoms with E-state index in [9.17, 15) is 0 Å². The van der Waals surface area contributed by atoms with Crippen LogP contribution in [0.5, 0.6) is 0 Å². The lowest BCUT2D eigenvalue weighted by molar-refractivity contribution is 0.867. The largest absolute Gasteiger partial charge is 0.0964 e. The Bertz CT molecular complexity index is 73.7. The van der Waals surface area contributed by atoms with Gasteiger partial charge in [-0.15, -0.1) is 0 Å². The summed E-state index contributed by atoms with van der Waals surface area (Å²) in [7, 11) is 2.36.